The maximum Gasteiger partial charge on any atom is 0.256 e. The molecule has 1 aliphatic rings. The summed E-state index contributed by atoms with van der Waals surface area (Å²) in [5, 5.41) is 26.1. The monoisotopic (exact) mass is 534 g/mol. The number of ether oxygens (including phenoxy) is 2. The SMILES string of the molecule is CC(C)CCO[C@@H]1CN(C(=O)c2ccccc2F)CCN(Cc2ccn(C)n2)CCCCOC[C@@H](O)[C@H]1O. The van der Waals surface area contributed by atoms with Crippen LogP contribution in [-0.4, -0.2) is 100 Å². The second-order valence-corrected chi connectivity index (χ2v) is 10.4. The first-order valence-electron chi connectivity index (χ1n) is 13.5. The second-order valence-electron chi connectivity index (χ2n) is 10.4. The van der Waals surface area contributed by atoms with Crippen molar-refractivity contribution in [3.05, 3.63) is 53.6 Å². The average molecular weight is 535 g/mol. The Labute approximate surface area is 225 Å². The van der Waals surface area contributed by atoms with Crippen LogP contribution >= 0.6 is 0 Å². The van der Waals surface area contributed by atoms with Gasteiger partial charge in [0, 0.05) is 52.6 Å². The number of hydrogen-bond acceptors (Lipinski definition) is 7. The molecule has 1 aliphatic heterocycles. The highest BCUT2D eigenvalue weighted by molar-refractivity contribution is 5.94. The first-order valence-corrected chi connectivity index (χ1v) is 13.5. The number of carbonyl (C=O) groups excluding carboxylic acids is 1. The summed E-state index contributed by atoms with van der Waals surface area (Å²) < 4.78 is 28.1. The zero-order chi connectivity index (χ0) is 27.5. The molecule has 212 valence electrons. The van der Waals surface area contributed by atoms with Gasteiger partial charge in [0.25, 0.3) is 5.91 Å². The molecule has 9 nitrogen and oxygen atoms in total. The van der Waals surface area contributed by atoms with E-state index in [-0.39, 0.29) is 18.7 Å². The highest BCUT2D eigenvalue weighted by Gasteiger charge is 2.32. The van der Waals surface area contributed by atoms with Crippen LogP contribution in [0.1, 0.15) is 49.2 Å². The molecule has 1 aromatic heterocycles. The first-order chi connectivity index (χ1) is 18.2. The van der Waals surface area contributed by atoms with Crippen molar-refractivity contribution >= 4 is 5.91 Å². The summed E-state index contributed by atoms with van der Waals surface area (Å²) in [7, 11) is 1.87. The fourth-order valence-corrected chi connectivity index (χ4v) is 4.41. The van der Waals surface area contributed by atoms with Gasteiger partial charge in [0.1, 0.15) is 24.1 Å². The fraction of sp³-hybridized carbons (Fsp3) is 0.643. The van der Waals surface area contributed by atoms with Crippen LogP contribution < -0.4 is 0 Å². The van der Waals surface area contributed by atoms with Crippen molar-refractivity contribution in [3.63, 3.8) is 0 Å². The molecule has 3 atom stereocenters. The van der Waals surface area contributed by atoms with Crippen LogP contribution in [0.3, 0.4) is 0 Å². The second kappa shape index (κ2) is 15.3. The fourth-order valence-electron chi connectivity index (χ4n) is 4.41. The van der Waals surface area contributed by atoms with E-state index < -0.39 is 30.0 Å². The Morgan fingerprint density at radius 3 is 2.68 bits per heavy atom. The molecule has 1 amide bonds. The molecule has 10 heteroatoms. The summed E-state index contributed by atoms with van der Waals surface area (Å²) in [4.78, 5) is 17.3. The average Bonchev–Trinajstić information content (AvgIpc) is 3.30. The summed E-state index contributed by atoms with van der Waals surface area (Å²) in [6, 6.07) is 7.86. The lowest BCUT2D eigenvalue weighted by Crippen LogP contribution is -2.50. The number of aromatic nitrogens is 2. The van der Waals surface area contributed by atoms with E-state index in [1.807, 2.05) is 19.3 Å². The van der Waals surface area contributed by atoms with Crippen molar-refractivity contribution in [3.8, 4) is 0 Å². The molecule has 2 aromatic rings. The number of amides is 1. The van der Waals surface area contributed by atoms with Gasteiger partial charge in [-0.15, -0.1) is 0 Å². The van der Waals surface area contributed by atoms with Gasteiger partial charge in [-0.25, -0.2) is 4.39 Å². The lowest BCUT2D eigenvalue weighted by Gasteiger charge is -2.34. The smallest absolute Gasteiger partial charge is 0.256 e. The minimum atomic E-state index is -1.27. The van der Waals surface area contributed by atoms with Crippen molar-refractivity contribution in [2.45, 2.75) is 58.0 Å². The Hall–Kier alpha value is -2.37. The molecule has 1 fully saturated rings. The number of benzene rings is 1. The van der Waals surface area contributed by atoms with Gasteiger partial charge in [-0.1, -0.05) is 26.0 Å². The van der Waals surface area contributed by atoms with Gasteiger partial charge in [-0.05, 0) is 49.9 Å². The molecule has 2 N–H and O–H groups in total. The molecular formula is C28H43FN4O5. The molecule has 0 saturated carbocycles. The zero-order valence-electron chi connectivity index (χ0n) is 22.8. The molecule has 1 saturated heterocycles. The number of carbonyl (C=O) groups is 1. The number of aliphatic hydroxyl groups is 2. The highest BCUT2D eigenvalue weighted by atomic mass is 19.1. The van der Waals surface area contributed by atoms with Gasteiger partial charge < -0.3 is 24.6 Å². The first kappa shape index (κ1) is 30.2. The number of rotatable bonds is 7. The molecule has 0 radical (unpaired) electrons. The Morgan fingerprint density at radius 2 is 1.97 bits per heavy atom. The third kappa shape index (κ3) is 9.43. The maximum absolute atomic E-state index is 14.6. The molecular weight excluding hydrogens is 491 g/mol. The molecule has 0 unspecified atom stereocenters. The van der Waals surface area contributed by atoms with E-state index in [0.717, 1.165) is 31.5 Å². The normalized spacial score (nSPS) is 22.9. The molecule has 0 bridgehead atoms. The summed E-state index contributed by atoms with van der Waals surface area (Å²) in [5.74, 6) is -0.702. The van der Waals surface area contributed by atoms with E-state index in [0.29, 0.717) is 38.8 Å². The lowest BCUT2D eigenvalue weighted by molar-refractivity contribution is -0.116. The zero-order valence-corrected chi connectivity index (χ0v) is 22.8. The standard InChI is InChI=1S/C28H43FN4O5/c1-21(2)11-17-38-26-19-33(28(36)23-8-4-5-9-24(23)29)15-14-32(18-22-10-13-31(3)30-22)12-6-7-16-37-20-25(34)27(26)35/h4-5,8-10,13,21,25-27,34-35H,6-7,11-12,14-20H2,1-3H3/t25-,26-,27-/m1/s1. The van der Waals surface area contributed by atoms with Gasteiger partial charge in [-0.2, -0.15) is 5.10 Å². The van der Waals surface area contributed by atoms with Crippen LogP contribution in [0.25, 0.3) is 0 Å². The van der Waals surface area contributed by atoms with E-state index in [9.17, 15) is 19.4 Å². The third-order valence-electron chi connectivity index (χ3n) is 6.74. The van der Waals surface area contributed by atoms with E-state index in [1.54, 1.807) is 16.8 Å². The number of halogens is 1. The molecule has 0 aliphatic carbocycles. The third-order valence-corrected chi connectivity index (χ3v) is 6.74. The van der Waals surface area contributed by atoms with Crippen LogP contribution in [0.5, 0.6) is 0 Å². The Morgan fingerprint density at radius 1 is 1.18 bits per heavy atom. The van der Waals surface area contributed by atoms with Crippen molar-refractivity contribution in [1.82, 2.24) is 19.6 Å². The minimum Gasteiger partial charge on any atom is -0.388 e. The molecule has 0 spiro atoms. The van der Waals surface area contributed by atoms with E-state index in [2.05, 4.69) is 23.8 Å². The largest absolute Gasteiger partial charge is 0.388 e. The number of aliphatic hydroxyl groups excluding tert-OH is 2. The van der Waals surface area contributed by atoms with Gasteiger partial charge in [0.05, 0.1) is 17.9 Å². The van der Waals surface area contributed by atoms with Crippen molar-refractivity contribution in [1.29, 1.82) is 0 Å². The van der Waals surface area contributed by atoms with Crippen LogP contribution in [0.4, 0.5) is 4.39 Å². The summed E-state index contributed by atoms with van der Waals surface area (Å²) in [6.07, 6.45) is 0.984. The van der Waals surface area contributed by atoms with E-state index >= 15 is 0 Å². The quantitative estimate of drug-likeness (QED) is 0.563. The number of aryl methyl sites for hydroxylation is 1. The van der Waals surface area contributed by atoms with Crippen LogP contribution in [-0.2, 0) is 23.1 Å². The summed E-state index contributed by atoms with van der Waals surface area (Å²) in [5.41, 5.74) is 0.884. The van der Waals surface area contributed by atoms with Crippen LogP contribution in [0.2, 0.25) is 0 Å². The lowest BCUT2D eigenvalue weighted by atomic mass is 10.1. The van der Waals surface area contributed by atoms with Gasteiger partial charge in [0.15, 0.2) is 0 Å². The van der Waals surface area contributed by atoms with Gasteiger partial charge >= 0.3 is 0 Å². The molecule has 2 heterocycles. The summed E-state index contributed by atoms with van der Waals surface area (Å²) >= 11 is 0. The summed E-state index contributed by atoms with van der Waals surface area (Å²) in [6.45, 7) is 7.13. The van der Waals surface area contributed by atoms with Crippen LogP contribution in [0.15, 0.2) is 36.5 Å². The topological polar surface area (TPSA) is 100 Å². The van der Waals surface area contributed by atoms with Gasteiger partial charge in [-0.3, -0.25) is 14.4 Å². The van der Waals surface area contributed by atoms with Crippen molar-refractivity contribution in [2.24, 2.45) is 13.0 Å². The van der Waals surface area contributed by atoms with E-state index in [4.69, 9.17) is 9.47 Å². The van der Waals surface area contributed by atoms with Crippen LogP contribution in [0, 0.1) is 11.7 Å². The highest BCUT2D eigenvalue weighted by Crippen LogP contribution is 2.16. The predicted octanol–water partition coefficient (Wildman–Crippen LogP) is 2.47. The number of hydrogen-bond donors (Lipinski definition) is 2. The maximum atomic E-state index is 14.6. The Kier molecular flexibility index (Phi) is 12.1. The van der Waals surface area contributed by atoms with Crippen molar-refractivity contribution < 1.29 is 28.9 Å². The van der Waals surface area contributed by atoms with E-state index in [1.165, 1.54) is 17.0 Å². The predicted molar refractivity (Wildman–Crippen MR) is 142 cm³/mol. The molecule has 38 heavy (non-hydrogen) atoms. The Bertz CT molecular complexity index is 988. The Balaban J connectivity index is 1.86. The van der Waals surface area contributed by atoms with Crippen molar-refractivity contribution in [2.75, 3.05) is 46.0 Å². The number of nitrogens with zero attached hydrogens (tertiary/aromatic N) is 4. The van der Waals surface area contributed by atoms with Gasteiger partial charge in [0.2, 0.25) is 0 Å². The minimum absolute atomic E-state index is 0.000909. The molecule has 1 aromatic carbocycles. The molecule has 3 rings (SSSR count).